The molecule has 26 heavy (non-hydrogen) atoms. The van der Waals surface area contributed by atoms with Gasteiger partial charge < -0.3 is 19.5 Å². The summed E-state index contributed by atoms with van der Waals surface area (Å²) < 4.78 is 15.2. The molecule has 1 aromatic heterocycles. The smallest absolute Gasteiger partial charge is 0.307 e. The van der Waals surface area contributed by atoms with Crippen LogP contribution in [-0.2, 0) is 20.7 Å². The lowest BCUT2D eigenvalue weighted by Gasteiger charge is -2.16. The van der Waals surface area contributed by atoms with E-state index in [1.165, 1.54) is 18.4 Å². The third-order valence-corrected chi connectivity index (χ3v) is 4.89. The first-order valence-electron chi connectivity index (χ1n) is 8.17. The lowest BCUT2D eigenvalue weighted by atomic mass is 10.1. The summed E-state index contributed by atoms with van der Waals surface area (Å²) in [6, 6.07) is 8.99. The van der Waals surface area contributed by atoms with Gasteiger partial charge in [0.15, 0.2) is 11.5 Å². The number of benzene rings is 1. The van der Waals surface area contributed by atoms with Gasteiger partial charge >= 0.3 is 5.97 Å². The molecule has 1 aromatic carbocycles. The van der Waals surface area contributed by atoms with Gasteiger partial charge in [-0.1, -0.05) is 12.1 Å². The first-order chi connectivity index (χ1) is 12.6. The highest BCUT2D eigenvalue weighted by Gasteiger charge is 2.19. The van der Waals surface area contributed by atoms with Crippen molar-refractivity contribution < 1.29 is 23.8 Å². The summed E-state index contributed by atoms with van der Waals surface area (Å²) in [7, 11) is 4.50. The SMILES string of the molecule is COC(=O)C[C@@H](NC(=O)CCc1ccc(OC)c(OC)c1)c1cccs1. The van der Waals surface area contributed by atoms with E-state index in [0.717, 1.165) is 10.4 Å². The molecule has 0 spiro atoms. The maximum atomic E-state index is 12.4. The van der Waals surface area contributed by atoms with Crippen molar-refractivity contribution in [3.63, 3.8) is 0 Å². The molecule has 1 atom stereocenters. The Morgan fingerprint density at radius 2 is 1.88 bits per heavy atom. The predicted octanol–water partition coefficient (Wildman–Crippen LogP) is 3.12. The Kier molecular flexibility index (Phi) is 7.47. The number of thiophene rings is 1. The zero-order chi connectivity index (χ0) is 18.9. The van der Waals surface area contributed by atoms with Crippen LogP contribution in [0.2, 0.25) is 0 Å². The molecule has 1 N–H and O–H groups in total. The monoisotopic (exact) mass is 377 g/mol. The van der Waals surface area contributed by atoms with E-state index in [1.807, 2.05) is 35.7 Å². The number of esters is 1. The molecule has 140 valence electrons. The number of rotatable bonds is 9. The largest absolute Gasteiger partial charge is 0.493 e. The maximum absolute atomic E-state index is 12.4. The number of amides is 1. The zero-order valence-corrected chi connectivity index (χ0v) is 15.9. The topological polar surface area (TPSA) is 73.9 Å². The van der Waals surface area contributed by atoms with Crippen LogP contribution in [0.4, 0.5) is 0 Å². The molecule has 2 rings (SSSR count). The second kappa shape index (κ2) is 9.82. The molecule has 0 radical (unpaired) electrons. The highest BCUT2D eigenvalue weighted by Crippen LogP contribution is 2.28. The van der Waals surface area contributed by atoms with Crippen LogP contribution in [0.5, 0.6) is 11.5 Å². The predicted molar refractivity (Wildman–Crippen MR) is 99.7 cm³/mol. The minimum absolute atomic E-state index is 0.110. The number of hydrogen-bond donors (Lipinski definition) is 1. The molecular formula is C19H23NO5S. The standard InChI is InChI=1S/C19H23NO5S/c1-23-15-8-6-13(11-16(15)24-2)7-9-18(21)20-14(12-19(22)25-3)17-5-4-10-26-17/h4-6,8,10-11,14H,7,9,12H2,1-3H3,(H,20,21)/t14-/m1/s1. The third kappa shape index (κ3) is 5.49. The summed E-state index contributed by atoms with van der Waals surface area (Å²) in [6.07, 6.45) is 0.971. The summed E-state index contributed by atoms with van der Waals surface area (Å²) in [4.78, 5) is 24.9. The van der Waals surface area contributed by atoms with Gasteiger partial charge in [0.1, 0.15) is 0 Å². The minimum Gasteiger partial charge on any atom is -0.493 e. The normalized spacial score (nSPS) is 11.5. The van der Waals surface area contributed by atoms with Gasteiger partial charge in [0.05, 0.1) is 33.8 Å². The average molecular weight is 377 g/mol. The summed E-state index contributed by atoms with van der Waals surface area (Å²) >= 11 is 1.50. The van der Waals surface area contributed by atoms with Crippen molar-refractivity contribution in [2.45, 2.75) is 25.3 Å². The number of ether oxygens (including phenoxy) is 3. The quantitative estimate of drug-likeness (QED) is 0.680. The summed E-state index contributed by atoms with van der Waals surface area (Å²) in [5.74, 6) is 0.801. The maximum Gasteiger partial charge on any atom is 0.307 e. The van der Waals surface area contributed by atoms with Crippen molar-refractivity contribution in [3.05, 3.63) is 46.2 Å². The van der Waals surface area contributed by atoms with E-state index >= 15 is 0 Å². The van der Waals surface area contributed by atoms with Gasteiger partial charge in [0, 0.05) is 11.3 Å². The van der Waals surface area contributed by atoms with Crippen LogP contribution in [0.15, 0.2) is 35.7 Å². The number of carbonyl (C=O) groups is 2. The fourth-order valence-corrected chi connectivity index (χ4v) is 3.30. The number of carbonyl (C=O) groups excluding carboxylic acids is 2. The molecule has 0 fully saturated rings. The highest BCUT2D eigenvalue weighted by atomic mass is 32.1. The number of aryl methyl sites for hydroxylation is 1. The van der Waals surface area contributed by atoms with Crippen LogP contribution >= 0.6 is 11.3 Å². The fourth-order valence-electron chi connectivity index (χ4n) is 2.52. The zero-order valence-electron chi connectivity index (χ0n) is 15.1. The second-order valence-electron chi connectivity index (χ2n) is 5.61. The average Bonchev–Trinajstić information content (AvgIpc) is 3.20. The van der Waals surface area contributed by atoms with E-state index in [1.54, 1.807) is 14.2 Å². The molecule has 0 unspecified atom stereocenters. The van der Waals surface area contributed by atoms with E-state index in [9.17, 15) is 9.59 Å². The molecule has 6 nitrogen and oxygen atoms in total. The number of hydrogen-bond acceptors (Lipinski definition) is 6. The van der Waals surface area contributed by atoms with Gasteiger partial charge in [-0.2, -0.15) is 0 Å². The second-order valence-corrected chi connectivity index (χ2v) is 6.58. The molecule has 2 aromatic rings. The van der Waals surface area contributed by atoms with Gasteiger partial charge in [0.25, 0.3) is 0 Å². The minimum atomic E-state index is -0.375. The Balaban J connectivity index is 1.96. The Hall–Kier alpha value is -2.54. The molecule has 0 bridgehead atoms. The van der Waals surface area contributed by atoms with E-state index in [0.29, 0.717) is 24.3 Å². The Labute approximate surface area is 157 Å². The lowest BCUT2D eigenvalue weighted by Crippen LogP contribution is -2.30. The van der Waals surface area contributed by atoms with E-state index in [2.05, 4.69) is 5.32 Å². The molecule has 7 heteroatoms. The first kappa shape index (κ1) is 19.8. The van der Waals surface area contributed by atoms with Crippen LogP contribution in [0, 0.1) is 0 Å². The molecule has 1 amide bonds. The molecule has 0 aliphatic heterocycles. The molecule has 1 heterocycles. The molecule has 0 saturated carbocycles. The fraction of sp³-hybridized carbons (Fsp3) is 0.368. The van der Waals surface area contributed by atoms with Crippen LogP contribution in [0.3, 0.4) is 0 Å². The van der Waals surface area contributed by atoms with Crippen molar-refractivity contribution in [2.24, 2.45) is 0 Å². The van der Waals surface area contributed by atoms with Gasteiger partial charge in [-0.05, 0) is 35.6 Å². The summed E-state index contributed by atoms with van der Waals surface area (Å²) in [5.41, 5.74) is 0.971. The highest BCUT2D eigenvalue weighted by molar-refractivity contribution is 7.10. The van der Waals surface area contributed by atoms with Crippen molar-refractivity contribution in [3.8, 4) is 11.5 Å². The molecular weight excluding hydrogens is 354 g/mol. The van der Waals surface area contributed by atoms with Gasteiger partial charge in [-0.15, -0.1) is 11.3 Å². The third-order valence-electron chi connectivity index (χ3n) is 3.91. The van der Waals surface area contributed by atoms with Crippen LogP contribution in [-0.4, -0.2) is 33.2 Å². The lowest BCUT2D eigenvalue weighted by molar-refractivity contribution is -0.141. The Bertz CT molecular complexity index is 730. The van der Waals surface area contributed by atoms with E-state index in [-0.39, 0.29) is 24.3 Å². The molecule has 0 aliphatic carbocycles. The summed E-state index contributed by atoms with van der Waals surface area (Å²) in [5, 5.41) is 4.83. The van der Waals surface area contributed by atoms with E-state index in [4.69, 9.17) is 14.2 Å². The van der Waals surface area contributed by atoms with Crippen LogP contribution < -0.4 is 14.8 Å². The Morgan fingerprint density at radius 1 is 1.12 bits per heavy atom. The van der Waals surface area contributed by atoms with Crippen LogP contribution in [0.1, 0.15) is 29.3 Å². The molecule has 0 aliphatic rings. The molecule has 0 saturated heterocycles. The van der Waals surface area contributed by atoms with Gasteiger partial charge in [0.2, 0.25) is 5.91 Å². The van der Waals surface area contributed by atoms with Crippen molar-refractivity contribution in [1.29, 1.82) is 0 Å². The van der Waals surface area contributed by atoms with Crippen LogP contribution in [0.25, 0.3) is 0 Å². The van der Waals surface area contributed by atoms with Crippen molar-refractivity contribution in [2.75, 3.05) is 21.3 Å². The number of nitrogens with one attached hydrogen (secondary N) is 1. The number of methoxy groups -OCH3 is 3. The van der Waals surface area contributed by atoms with E-state index < -0.39 is 0 Å². The van der Waals surface area contributed by atoms with Crippen molar-refractivity contribution >= 4 is 23.2 Å². The Morgan fingerprint density at radius 3 is 2.50 bits per heavy atom. The van der Waals surface area contributed by atoms with Crippen molar-refractivity contribution in [1.82, 2.24) is 5.32 Å². The summed E-state index contributed by atoms with van der Waals surface area (Å²) in [6.45, 7) is 0. The van der Waals surface area contributed by atoms with Gasteiger partial charge in [-0.25, -0.2) is 0 Å². The first-order valence-corrected chi connectivity index (χ1v) is 9.05. The van der Waals surface area contributed by atoms with Gasteiger partial charge in [-0.3, -0.25) is 9.59 Å².